The van der Waals surface area contributed by atoms with E-state index in [2.05, 4.69) is 21.9 Å². The second-order valence-electron chi connectivity index (χ2n) is 6.91. The lowest BCUT2D eigenvalue weighted by Gasteiger charge is -2.39. The molecule has 3 rings (SSSR count). The summed E-state index contributed by atoms with van der Waals surface area (Å²) in [7, 11) is 0. The molecule has 162 valence electrons. The lowest BCUT2D eigenvalue weighted by molar-refractivity contribution is 0.0950. The number of halogens is 3. The van der Waals surface area contributed by atoms with Gasteiger partial charge in [0.25, 0.3) is 5.91 Å². The molecule has 0 unspecified atom stereocenters. The van der Waals surface area contributed by atoms with Crippen LogP contribution in [-0.2, 0) is 13.1 Å². The van der Waals surface area contributed by atoms with Crippen LogP contribution in [0.5, 0.6) is 0 Å². The van der Waals surface area contributed by atoms with Gasteiger partial charge in [-0.05, 0) is 41.6 Å². The minimum Gasteiger partial charge on any atom is -0.348 e. The highest BCUT2D eigenvalue weighted by Gasteiger charge is 2.28. The summed E-state index contributed by atoms with van der Waals surface area (Å²) in [5, 5.41) is 9.06. The van der Waals surface area contributed by atoms with Gasteiger partial charge in [0.15, 0.2) is 0 Å². The van der Waals surface area contributed by atoms with Crippen molar-refractivity contribution >= 4 is 53.0 Å². The summed E-state index contributed by atoms with van der Waals surface area (Å²) >= 11 is 15.1. The summed E-state index contributed by atoms with van der Waals surface area (Å²) in [5.74, 6) is 0.0363. The van der Waals surface area contributed by atoms with Gasteiger partial charge < -0.3 is 5.32 Å². The topological polar surface area (TPSA) is 70.4 Å². The maximum atomic E-state index is 14.7. The molecular weight excluding hydrogens is 466 g/mol. The average molecular weight is 489 g/mol. The van der Waals surface area contributed by atoms with Crippen LogP contribution in [0.1, 0.15) is 28.4 Å². The lowest BCUT2D eigenvalue weighted by Crippen LogP contribution is -2.55. The summed E-state index contributed by atoms with van der Waals surface area (Å²) < 4.78 is 17.7. The quantitative estimate of drug-likeness (QED) is 0.357. The van der Waals surface area contributed by atoms with Crippen LogP contribution >= 0.6 is 47.1 Å². The minimum absolute atomic E-state index is 0.190. The van der Waals surface area contributed by atoms with Gasteiger partial charge in [-0.1, -0.05) is 30.1 Å². The molecule has 0 aliphatic carbocycles. The van der Waals surface area contributed by atoms with Crippen molar-refractivity contribution in [3.8, 4) is 0 Å². The van der Waals surface area contributed by atoms with E-state index >= 15 is 0 Å². The van der Waals surface area contributed by atoms with E-state index in [4.69, 9.17) is 28.3 Å². The number of nitrogens with zero attached hydrogens (tertiary/aromatic N) is 1. The van der Waals surface area contributed by atoms with Crippen LogP contribution < -0.4 is 15.2 Å². The number of benzene rings is 2. The van der Waals surface area contributed by atoms with Crippen LogP contribution in [0.4, 0.5) is 4.39 Å². The van der Waals surface area contributed by atoms with E-state index in [1.54, 1.807) is 11.8 Å². The highest BCUT2D eigenvalue weighted by atomic mass is 35.5. The molecule has 1 heterocycles. The van der Waals surface area contributed by atoms with Crippen LogP contribution in [0.15, 0.2) is 35.2 Å². The SMILES string of the molecule is CCSc1ccc(Cl)cc1CNC(=O)c1cc(F)c(CN2CC(NSN)C2)c(Cl)c1. The number of hydrogen-bond donors (Lipinski definition) is 3. The van der Waals surface area contributed by atoms with E-state index < -0.39 is 5.82 Å². The molecule has 0 spiro atoms. The molecule has 2 aromatic rings. The highest BCUT2D eigenvalue weighted by Crippen LogP contribution is 2.27. The number of nitrogens with two attached hydrogens (primary N) is 1. The Labute approximate surface area is 194 Å². The third-order valence-electron chi connectivity index (χ3n) is 4.74. The van der Waals surface area contributed by atoms with Crippen LogP contribution in [0.3, 0.4) is 0 Å². The molecule has 10 heteroatoms. The van der Waals surface area contributed by atoms with Gasteiger partial charge in [0, 0.05) is 70.4 Å². The maximum absolute atomic E-state index is 14.7. The van der Waals surface area contributed by atoms with Crippen molar-refractivity contribution in [2.75, 3.05) is 18.8 Å². The number of hydrogen-bond acceptors (Lipinski definition) is 6. The van der Waals surface area contributed by atoms with Gasteiger partial charge in [-0.3, -0.25) is 14.8 Å². The van der Waals surface area contributed by atoms with Crippen molar-refractivity contribution in [1.29, 1.82) is 0 Å². The zero-order valence-electron chi connectivity index (χ0n) is 16.4. The summed E-state index contributed by atoms with van der Waals surface area (Å²) in [5.41, 5.74) is 1.50. The standard InChI is InChI=1S/C20H23Cl2FN4OS2/c1-2-29-19-4-3-14(21)5-13(19)8-25-20(28)12-6-17(22)16(18(23)7-12)11-27-9-15(10-27)26-30-24/h3-7,15,26H,2,8-11,24H2,1H3,(H,25,28). The number of carbonyl (C=O) groups excluding carboxylic acids is 1. The molecule has 4 N–H and O–H groups in total. The van der Waals surface area contributed by atoms with E-state index in [9.17, 15) is 9.18 Å². The Bertz CT molecular complexity index is 889. The summed E-state index contributed by atoms with van der Waals surface area (Å²) in [6.07, 6.45) is 0. The van der Waals surface area contributed by atoms with E-state index in [-0.39, 0.29) is 22.5 Å². The van der Waals surface area contributed by atoms with Crippen LogP contribution in [0, 0.1) is 5.82 Å². The largest absolute Gasteiger partial charge is 0.348 e. The fourth-order valence-electron chi connectivity index (χ4n) is 3.24. The van der Waals surface area contributed by atoms with Crippen LogP contribution in [0.2, 0.25) is 10.0 Å². The molecule has 1 aliphatic rings. The van der Waals surface area contributed by atoms with Gasteiger partial charge in [0.2, 0.25) is 0 Å². The molecule has 0 aromatic heterocycles. The Morgan fingerprint density at radius 3 is 2.73 bits per heavy atom. The third-order valence-corrected chi connectivity index (χ3v) is 6.78. The third kappa shape index (κ3) is 6.03. The first-order chi connectivity index (χ1) is 14.4. The number of amides is 1. The monoisotopic (exact) mass is 488 g/mol. The Kier molecular flexibility index (Phi) is 8.71. The van der Waals surface area contributed by atoms with Gasteiger partial charge in [-0.2, -0.15) is 0 Å². The molecule has 0 atom stereocenters. The van der Waals surface area contributed by atoms with E-state index in [1.165, 1.54) is 12.1 Å². The normalized spacial score (nSPS) is 14.6. The molecule has 0 saturated carbocycles. The lowest BCUT2D eigenvalue weighted by atomic mass is 10.1. The molecule has 5 nitrogen and oxygen atoms in total. The van der Waals surface area contributed by atoms with E-state index in [0.29, 0.717) is 23.7 Å². The summed E-state index contributed by atoms with van der Waals surface area (Å²) in [6, 6.07) is 8.63. The van der Waals surface area contributed by atoms with E-state index in [1.807, 2.05) is 18.2 Å². The molecule has 0 bridgehead atoms. The fourth-order valence-corrected chi connectivity index (χ4v) is 4.83. The molecule has 30 heavy (non-hydrogen) atoms. The first kappa shape index (κ1) is 23.7. The first-order valence-corrected chi connectivity index (χ1v) is 12.0. The predicted octanol–water partition coefficient (Wildman–Crippen LogP) is 4.47. The Hall–Kier alpha value is -1.00. The number of carbonyl (C=O) groups is 1. The smallest absolute Gasteiger partial charge is 0.251 e. The van der Waals surface area contributed by atoms with Crippen molar-refractivity contribution in [1.82, 2.24) is 14.9 Å². The molecular formula is C20H23Cl2FN4OS2. The maximum Gasteiger partial charge on any atom is 0.251 e. The number of likely N-dealkylation sites (tertiary alicyclic amines) is 1. The van der Waals surface area contributed by atoms with Crippen LogP contribution in [-0.4, -0.2) is 35.7 Å². The Morgan fingerprint density at radius 2 is 2.07 bits per heavy atom. The minimum atomic E-state index is -0.484. The predicted molar refractivity (Wildman–Crippen MR) is 124 cm³/mol. The van der Waals surface area contributed by atoms with Crippen molar-refractivity contribution in [2.45, 2.75) is 31.0 Å². The zero-order chi connectivity index (χ0) is 21.7. The van der Waals surface area contributed by atoms with Gasteiger partial charge in [0.05, 0.1) is 0 Å². The molecule has 1 saturated heterocycles. The van der Waals surface area contributed by atoms with Crippen LogP contribution in [0.25, 0.3) is 0 Å². The average Bonchev–Trinajstić information content (AvgIpc) is 2.68. The molecule has 1 amide bonds. The van der Waals surface area contributed by atoms with Crippen molar-refractivity contribution < 1.29 is 9.18 Å². The molecule has 2 aromatic carbocycles. The number of thioether (sulfide) groups is 1. The Balaban J connectivity index is 1.64. The second-order valence-corrected chi connectivity index (χ2v) is 9.53. The van der Waals surface area contributed by atoms with Crippen molar-refractivity contribution in [2.24, 2.45) is 5.14 Å². The molecule has 1 aliphatic heterocycles. The zero-order valence-corrected chi connectivity index (χ0v) is 19.5. The fraction of sp³-hybridized carbons (Fsp3) is 0.350. The van der Waals surface area contributed by atoms with Gasteiger partial charge in [-0.15, -0.1) is 11.8 Å². The molecule has 1 fully saturated rings. The second kappa shape index (κ2) is 11.0. The van der Waals surface area contributed by atoms with Gasteiger partial charge in [-0.25, -0.2) is 9.11 Å². The number of rotatable bonds is 9. The van der Waals surface area contributed by atoms with Crippen molar-refractivity contribution in [3.63, 3.8) is 0 Å². The van der Waals surface area contributed by atoms with E-state index in [0.717, 1.165) is 41.4 Å². The number of nitrogens with one attached hydrogen (secondary N) is 2. The van der Waals surface area contributed by atoms with Gasteiger partial charge in [0.1, 0.15) is 5.82 Å². The summed E-state index contributed by atoms with van der Waals surface area (Å²) in [6.45, 7) is 4.27. The molecule has 0 radical (unpaired) electrons. The van der Waals surface area contributed by atoms with Crippen molar-refractivity contribution in [3.05, 3.63) is 62.9 Å². The summed E-state index contributed by atoms with van der Waals surface area (Å²) in [4.78, 5) is 15.7. The first-order valence-electron chi connectivity index (χ1n) is 9.42. The highest BCUT2D eigenvalue weighted by molar-refractivity contribution is 7.99. The Morgan fingerprint density at radius 1 is 1.30 bits per heavy atom. The van der Waals surface area contributed by atoms with Gasteiger partial charge >= 0.3 is 0 Å².